The maximum atomic E-state index is 13.1. The van der Waals surface area contributed by atoms with Crippen molar-refractivity contribution in [3.05, 3.63) is 53.9 Å². The van der Waals surface area contributed by atoms with E-state index in [0.717, 1.165) is 10.9 Å². The van der Waals surface area contributed by atoms with Crippen LogP contribution >= 0.6 is 0 Å². The topological polar surface area (TPSA) is 81.4 Å². The van der Waals surface area contributed by atoms with Gasteiger partial charge in [0, 0.05) is 31.3 Å². The van der Waals surface area contributed by atoms with E-state index >= 15 is 0 Å². The molecule has 2 fully saturated rings. The Labute approximate surface area is 150 Å². The molecule has 2 atom stereocenters. The Bertz CT molecular complexity index is 1000. The molecule has 26 heavy (non-hydrogen) atoms. The number of aryl methyl sites for hydroxylation is 1. The molecule has 5 rings (SSSR count). The molecule has 0 unspecified atom stereocenters. The largest absolute Gasteiger partial charge is 0.425 e. The molecule has 1 amide bonds. The summed E-state index contributed by atoms with van der Waals surface area (Å²) in [6, 6.07) is 11.5. The van der Waals surface area contributed by atoms with Crippen molar-refractivity contribution in [2.45, 2.75) is 12.3 Å². The van der Waals surface area contributed by atoms with Gasteiger partial charge in [0.25, 0.3) is 5.91 Å². The number of amides is 1. The van der Waals surface area contributed by atoms with E-state index in [1.54, 1.807) is 13.0 Å². The molecule has 2 aliphatic rings. The van der Waals surface area contributed by atoms with Crippen LogP contribution in [0.25, 0.3) is 10.9 Å². The molecule has 0 radical (unpaired) electrons. The summed E-state index contributed by atoms with van der Waals surface area (Å²) in [4.78, 5) is 19.4. The van der Waals surface area contributed by atoms with Crippen LogP contribution in [0.1, 0.15) is 22.3 Å². The van der Waals surface area contributed by atoms with Gasteiger partial charge in [-0.3, -0.25) is 4.79 Å². The number of aromatic nitrogens is 3. The Kier molecular flexibility index (Phi) is 3.33. The predicted octanol–water partition coefficient (Wildman–Crippen LogP) is 1.97. The molecule has 2 saturated heterocycles. The lowest BCUT2D eigenvalue weighted by atomic mass is 9.81. The number of para-hydroxylation sites is 1. The fourth-order valence-electron chi connectivity index (χ4n) is 4.04. The van der Waals surface area contributed by atoms with Crippen molar-refractivity contribution in [2.75, 3.05) is 26.3 Å². The number of nitrogens with zero attached hydrogens (tertiary/aromatic N) is 4. The number of rotatable bonds is 2. The van der Waals surface area contributed by atoms with Crippen molar-refractivity contribution in [1.82, 2.24) is 20.1 Å². The average molecular weight is 350 g/mol. The van der Waals surface area contributed by atoms with Gasteiger partial charge in [-0.05, 0) is 12.1 Å². The summed E-state index contributed by atoms with van der Waals surface area (Å²) < 4.78 is 11.4. The van der Waals surface area contributed by atoms with Gasteiger partial charge in [0.2, 0.25) is 11.8 Å². The minimum atomic E-state index is -0.409. The maximum Gasteiger partial charge on any atom is 0.272 e. The normalized spacial score (nSPS) is 25.0. The SMILES string of the molecule is Cc1nnc([C@@]23COC[C@@H]2CN(C(=O)c2ccc4ccccc4n2)C3)o1. The first-order valence-electron chi connectivity index (χ1n) is 8.69. The third-order valence-corrected chi connectivity index (χ3v) is 5.43. The number of ether oxygens (including phenoxy) is 1. The number of likely N-dealkylation sites (tertiary alicyclic amines) is 1. The number of fused-ring (bicyclic) bond motifs is 2. The molecule has 1 aromatic carbocycles. The summed E-state index contributed by atoms with van der Waals surface area (Å²) in [6.07, 6.45) is 0. The van der Waals surface area contributed by atoms with Crippen LogP contribution in [0.4, 0.5) is 0 Å². The van der Waals surface area contributed by atoms with Crippen molar-refractivity contribution in [3.8, 4) is 0 Å². The van der Waals surface area contributed by atoms with Gasteiger partial charge < -0.3 is 14.1 Å². The predicted molar refractivity (Wildman–Crippen MR) is 92.7 cm³/mol. The molecule has 4 heterocycles. The van der Waals surface area contributed by atoms with Crippen LogP contribution in [0.15, 0.2) is 40.8 Å². The van der Waals surface area contributed by atoms with E-state index in [2.05, 4.69) is 15.2 Å². The molecule has 0 spiro atoms. The second kappa shape index (κ2) is 5.60. The summed E-state index contributed by atoms with van der Waals surface area (Å²) in [5.74, 6) is 1.19. The smallest absolute Gasteiger partial charge is 0.272 e. The van der Waals surface area contributed by atoms with Crippen molar-refractivity contribution in [2.24, 2.45) is 5.92 Å². The molecule has 0 N–H and O–H groups in total. The van der Waals surface area contributed by atoms with Crippen molar-refractivity contribution in [1.29, 1.82) is 0 Å². The first-order chi connectivity index (χ1) is 12.7. The third-order valence-electron chi connectivity index (χ3n) is 5.43. The molecule has 2 aliphatic heterocycles. The summed E-state index contributed by atoms with van der Waals surface area (Å²) >= 11 is 0. The second-order valence-electron chi connectivity index (χ2n) is 7.07. The molecule has 7 nitrogen and oxygen atoms in total. The molecule has 132 valence electrons. The van der Waals surface area contributed by atoms with Crippen LogP contribution in [-0.2, 0) is 10.2 Å². The number of pyridine rings is 1. The lowest BCUT2D eigenvalue weighted by Crippen LogP contribution is -2.37. The Hall–Kier alpha value is -2.80. The van der Waals surface area contributed by atoms with Crippen LogP contribution in [0.5, 0.6) is 0 Å². The summed E-state index contributed by atoms with van der Waals surface area (Å²) in [5.41, 5.74) is 0.873. The highest BCUT2D eigenvalue weighted by Gasteiger charge is 2.56. The molecule has 3 aromatic rings. The second-order valence-corrected chi connectivity index (χ2v) is 7.07. The van der Waals surface area contributed by atoms with Gasteiger partial charge >= 0.3 is 0 Å². The Morgan fingerprint density at radius 3 is 2.96 bits per heavy atom. The minimum absolute atomic E-state index is 0.0687. The van der Waals surface area contributed by atoms with Crippen molar-refractivity contribution in [3.63, 3.8) is 0 Å². The van der Waals surface area contributed by atoms with Crippen molar-refractivity contribution >= 4 is 16.8 Å². The van der Waals surface area contributed by atoms with E-state index < -0.39 is 5.41 Å². The first kappa shape index (κ1) is 15.5. The van der Waals surface area contributed by atoms with E-state index in [4.69, 9.17) is 9.15 Å². The highest BCUT2D eigenvalue weighted by atomic mass is 16.5. The first-order valence-corrected chi connectivity index (χ1v) is 8.69. The van der Waals surface area contributed by atoms with Gasteiger partial charge in [-0.25, -0.2) is 4.98 Å². The highest BCUT2D eigenvalue weighted by Crippen LogP contribution is 2.43. The van der Waals surface area contributed by atoms with Crippen LogP contribution in [0.2, 0.25) is 0 Å². The van der Waals surface area contributed by atoms with E-state index in [1.165, 1.54) is 0 Å². The average Bonchev–Trinajstić information content (AvgIpc) is 3.34. The van der Waals surface area contributed by atoms with E-state index in [0.29, 0.717) is 43.8 Å². The maximum absolute atomic E-state index is 13.1. The Morgan fingerprint density at radius 1 is 1.23 bits per heavy atom. The lowest BCUT2D eigenvalue weighted by Gasteiger charge is -2.22. The lowest BCUT2D eigenvalue weighted by molar-refractivity contribution is 0.0733. The van der Waals surface area contributed by atoms with Crippen LogP contribution in [-0.4, -0.2) is 52.3 Å². The van der Waals surface area contributed by atoms with Gasteiger partial charge in [-0.2, -0.15) is 0 Å². The molecular weight excluding hydrogens is 332 g/mol. The summed E-state index contributed by atoms with van der Waals surface area (Å²) in [7, 11) is 0. The molecule has 7 heteroatoms. The molecule has 2 aromatic heterocycles. The zero-order chi connectivity index (χ0) is 17.7. The van der Waals surface area contributed by atoms with Gasteiger partial charge in [-0.1, -0.05) is 24.3 Å². The minimum Gasteiger partial charge on any atom is -0.425 e. The third kappa shape index (κ3) is 2.24. The number of benzene rings is 1. The van der Waals surface area contributed by atoms with Crippen molar-refractivity contribution < 1.29 is 13.9 Å². The molecule has 0 aliphatic carbocycles. The summed E-state index contributed by atoms with van der Waals surface area (Å²) in [5, 5.41) is 9.20. The van der Waals surface area contributed by atoms with Gasteiger partial charge in [0.15, 0.2) is 0 Å². The number of carbonyl (C=O) groups excluding carboxylic acids is 1. The highest BCUT2D eigenvalue weighted by molar-refractivity contribution is 5.95. The number of hydrogen-bond donors (Lipinski definition) is 0. The summed E-state index contributed by atoms with van der Waals surface area (Å²) in [6.45, 7) is 3.97. The van der Waals surface area contributed by atoms with Gasteiger partial charge in [0.1, 0.15) is 5.69 Å². The monoisotopic (exact) mass is 350 g/mol. The van der Waals surface area contributed by atoms with E-state index in [-0.39, 0.29) is 11.8 Å². The van der Waals surface area contributed by atoms with Crippen LogP contribution in [0.3, 0.4) is 0 Å². The quantitative estimate of drug-likeness (QED) is 0.703. The van der Waals surface area contributed by atoms with Gasteiger partial charge in [0.05, 0.1) is 24.1 Å². The fourth-order valence-corrected chi connectivity index (χ4v) is 4.04. The Balaban J connectivity index is 1.46. The molecule has 0 bridgehead atoms. The van der Waals surface area contributed by atoms with E-state index in [9.17, 15) is 4.79 Å². The standard InChI is InChI=1S/C19H18N4O3/c1-12-21-22-18(26-12)19-10-23(8-14(19)9-25-11-19)17(24)16-7-6-13-4-2-3-5-15(13)20-16/h2-7,14H,8-11H2,1H3/t14-,19-/m0/s1. The molecular formula is C19H18N4O3. The zero-order valence-corrected chi connectivity index (χ0v) is 14.4. The fraction of sp³-hybridized carbons (Fsp3) is 0.368. The number of carbonyl (C=O) groups is 1. The zero-order valence-electron chi connectivity index (χ0n) is 14.4. The van der Waals surface area contributed by atoms with Gasteiger partial charge in [-0.15, -0.1) is 10.2 Å². The van der Waals surface area contributed by atoms with Crippen LogP contribution in [0, 0.1) is 12.8 Å². The molecule has 0 saturated carbocycles. The van der Waals surface area contributed by atoms with E-state index in [1.807, 2.05) is 35.2 Å². The van der Waals surface area contributed by atoms with Crippen LogP contribution < -0.4 is 0 Å². The number of hydrogen-bond acceptors (Lipinski definition) is 6. The Morgan fingerprint density at radius 2 is 2.12 bits per heavy atom.